The molecule has 0 bridgehead atoms. The van der Waals surface area contributed by atoms with Crippen LogP contribution in [0.2, 0.25) is 0 Å². The van der Waals surface area contributed by atoms with Crippen molar-refractivity contribution < 1.29 is 14.3 Å². The number of amides is 1. The standard InChI is InChI=1S/C22H20N4O4S2/c1-11-6-5-7-16(8-11)26(14(4)27)22-25-15(10-31-22)9-30-21(29)18-12(2)17-19(28)23-13(3)24-20(17)32-18/h5-8,10H,9H2,1-4H3,(H,23,24,28). The number of carbonyl (C=O) groups excluding carboxylic acids is 2. The van der Waals surface area contributed by atoms with Gasteiger partial charge in [-0.3, -0.25) is 14.5 Å². The van der Waals surface area contributed by atoms with Gasteiger partial charge in [-0.05, 0) is 44.0 Å². The molecule has 10 heteroatoms. The van der Waals surface area contributed by atoms with Crippen molar-refractivity contribution in [2.75, 3.05) is 4.90 Å². The number of esters is 1. The number of aromatic amines is 1. The molecule has 0 saturated carbocycles. The van der Waals surface area contributed by atoms with Gasteiger partial charge in [0.2, 0.25) is 5.91 Å². The van der Waals surface area contributed by atoms with E-state index < -0.39 is 5.97 Å². The number of anilines is 2. The lowest BCUT2D eigenvalue weighted by Gasteiger charge is -2.18. The Hall–Kier alpha value is -3.37. The first kappa shape index (κ1) is 21.8. The Morgan fingerprint density at radius 3 is 2.69 bits per heavy atom. The first-order chi connectivity index (χ1) is 15.2. The summed E-state index contributed by atoms with van der Waals surface area (Å²) in [6.45, 7) is 6.77. The zero-order valence-electron chi connectivity index (χ0n) is 17.9. The van der Waals surface area contributed by atoms with E-state index in [0.29, 0.717) is 37.3 Å². The van der Waals surface area contributed by atoms with Gasteiger partial charge < -0.3 is 9.72 Å². The number of thiophene rings is 1. The molecule has 0 atom stereocenters. The number of hydrogen-bond acceptors (Lipinski definition) is 8. The van der Waals surface area contributed by atoms with Gasteiger partial charge in [0.25, 0.3) is 5.56 Å². The van der Waals surface area contributed by atoms with E-state index in [9.17, 15) is 14.4 Å². The van der Waals surface area contributed by atoms with Gasteiger partial charge in [0.15, 0.2) is 5.13 Å². The molecule has 0 spiro atoms. The Balaban J connectivity index is 1.53. The number of carbonyl (C=O) groups is 2. The molecular weight excluding hydrogens is 448 g/mol. The molecule has 1 N–H and O–H groups in total. The van der Waals surface area contributed by atoms with Crippen LogP contribution in [0.1, 0.15) is 39.2 Å². The van der Waals surface area contributed by atoms with Crippen molar-refractivity contribution in [2.24, 2.45) is 0 Å². The maximum Gasteiger partial charge on any atom is 0.349 e. The SMILES string of the molecule is CC(=O)N(c1cccc(C)c1)c1nc(COC(=O)c2sc3nc(C)[nH]c(=O)c3c2C)cs1. The second-order valence-corrected chi connectivity index (χ2v) is 9.11. The van der Waals surface area contributed by atoms with Crippen molar-refractivity contribution in [1.29, 1.82) is 0 Å². The highest BCUT2D eigenvalue weighted by Crippen LogP contribution is 2.31. The molecule has 0 aliphatic rings. The van der Waals surface area contributed by atoms with Gasteiger partial charge in [0.05, 0.1) is 16.8 Å². The molecule has 3 aromatic heterocycles. The normalized spacial score (nSPS) is 11.0. The molecule has 0 saturated heterocycles. The van der Waals surface area contributed by atoms with Gasteiger partial charge in [-0.15, -0.1) is 22.7 Å². The predicted octanol–water partition coefficient (Wildman–Crippen LogP) is 4.41. The number of thiazole rings is 1. The quantitative estimate of drug-likeness (QED) is 0.435. The first-order valence-corrected chi connectivity index (χ1v) is 11.4. The zero-order valence-corrected chi connectivity index (χ0v) is 19.5. The molecule has 1 aromatic carbocycles. The predicted molar refractivity (Wildman–Crippen MR) is 125 cm³/mol. The molecule has 4 rings (SSSR count). The maximum absolute atomic E-state index is 12.7. The molecule has 1 amide bonds. The van der Waals surface area contributed by atoms with Gasteiger partial charge in [-0.1, -0.05) is 12.1 Å². The highest BCUT2D eigenvalue weighted by Gasteiger charge is 2.22. The topological polar surface area (TPSA) is 105 Å². The Morgan fingerprint density at radius 2 is 1.97 bits per heavy atom. The molecule has 0 radical (unpaired) electrons. The lowest BCUT2D eigenvalue weighted by Crippen LogP contribution is -2.22. The number of rotatable bonds is 5. The summed E-state index contributed by atoms with van der Waals surface area (Å²) in [5.74, 6) is -0.219. The molecule has 4 aromatic rings. The monoisotopic (exact) mass is 468 g/mol. The van der Waals surface area contributed by atoms with E-state index in [1.165, 1.54) is 23.2 Å². The van der Waals surface area contributed by atoms with Crippen LogP contribution < -0.4 is 10.5 Å². The van der Waals surface area contributed by atoms with E-state index in [2.05, 4.69) is 15.0 Å². The minimum Gasteiger partial charge on any atom is -0.455 e. The number of benzene rings is 1. The van der Waals surface area contributed by atoms with Crippen molar-refractivity contribution in [2.45, 2.75) is 34.3 Å². The van der Waals surface area contributed by atoms with Gasteiger partial charge in [0.1, 0.15) is 22.1 Å². The number of aryl methyl sites for hydroxylation is 3. The number of ether oxygens (including phenoxy) is 1. The largest absolute Gasteiger partial charge is 0.455 e. The third kappa shape index (κ3) is 4.19. The first-order valence-electron chi connectivity index (χ1n) is 9.73. The van der Waals surface area contributed by atoms with Crippen molar-refractivity contribution in [3.63, 3.8) is 0 Å². The smallest absolute Gasteiger partial charge is 0.349 e. The van der Waals surface area contributed by atoms with E-state index in [1.807, 2.05) is 31.2 Å². The van der Waals surface area contributed by atoms with Crippen LogP contribution in [-0.4, -0.2) is 26.8 Å². The fourth-order valence-electron chi connectivity index (χ4n) is 3.31. The Morgan fingerprint density at radius 1 is 1.19 bits per heavy atom. The van der Waals surface area contributed by atoms with E-state index in [-0.39, 0.29) is 18.1 Å². The molecule has 32 heavy (non-hydrogen) atoms. The lowest BCUT2D eigenvalue weighted by molar-refractivity contribution is -0.115. The number of nitrogens with one attached hydrogen (secondary N) is 1. The van der Waals surface area contributed by atoms with Crippen LogP contribution in [0.3, 0.4) is 0 Å². The lowest BCUT2D eigenvalue weighted by atomic mass is 10.2. The minimum atomic E-state index is -0.542. The number of aromatic nitrogens is 3. The molecule has 0 aliphatic carbocycles. The fraction of sp³-hybridized carbons (Fsp3) is 0.227. The molecule has 0 aliphatic heterocycles. The molecule has 8 nitrogen and oxygen atoms in total. The van der Waals surface area contributed by atoms with Gasteiger partial charge >= 0.3 is 5.97 Å². The second kappa shape index (κ2) is 8.64. The van der Waals surface area contributed by atoms with Gasteiger partial charge in [-0.25, -0.2) is 14.8 Å². The molecular formula is C22H20N4O4S2. The van der Waals surface area contributed by atoms with Crippen LogP contribution in [0.5, 0.6) is 0 Å². The van der Waals surface area contributed by atoms with Crippen LogP contribution in [0.25, 0.3) is 10.2 Å². The zero-order chi connectivity index (χ0) is 23.0. The number of nitrogens with zero attached hydrogens (tertiary/aromatic N) is 3. The molecule has 3 heterocycles. The van der Waals surface area contributed by atoms with Gasteiger partial charge in [0, 0.05) is 12.3 Å². The number of hydrogen-bond donors (Lipinski definition) is 1. The second-order valence-electron chi connectivity index (χ2n) is 7.28. The van der Waals surface area contributed by atoms with Crippen LogP contribution in [0, 0.1) is 20.8 Å². The average Bonchev–Trinajstić information content (AvgIpc) is 3.30. The third-order valence-electron chi connectivity index (χ3n) is 4.76. The molecule has 0 fully saturated rings. The summed E-state index contributed by atoms with van der Waals surface area (Å²) in [5, 5.41) is 2.65. The van der Waals surface area contributed by atoms with Crippen LogP contribution in [-0.2, 0) is 16.1 Å². The molecule has 164 valence electrons. The van der Waals surface area contributed by atoms with Crippen LogP contribution in [0.4, 0.5) is 10.8 Å². The summed E-state index contributed by atoms with van der Waals surface area (Å²) in [4.78, 5) is 50.9. The van der Waals surface area contributed by atoms with Crippen LogP contribution in [0.15, 0.2) is 34.4 Å². The summed E-state index contributed by atoms with van der Waals surface area (Å²) >= 11 is 2.43. The number of H-pyrrole nitrogens is 1. The van der Waals surface area contributed by atoms with Crippen molar-refractivity contribution in [3.05, 3.63) is 67.5 Å². The number of fused-ring (bicyclic) bond motifs is 1. The molecule has 0 unspecified atom stereocenters. The van der Waals surface area contributed by atoms with E-state index in [4.69, 9.17) is 4.74 Å². The van der Waals surface area contributed by atoms with Crippen molar-refractivity contribution in [3.8, 4) is 0 Å². The van der Waals surface area contributed by atoms with E-state index in [0.717, 1.165) is 22.6 Å². The summed E-state index contributed by atoms with van der Waals surface area (Å²) < 4.78 is 5.45. The summed E-state index contributed by atoms with van der Waals surface area (Å²) in [7, 11) is 0. The Labute approximate surface area is 191 Å². The van der Waals surface area contributed by atoms with Crippen LogP contribution >= 0.6 is 22.7 Å². The third-order valence-corrected chi connectivity index (χ3v) is 6.80. The summed E-state index contributed by atoms with van der Waals surface area (Å²) in [5.41, 5.74) is 2.56. The average molecular weight is 469 g/mol. The fourth-order valence-corrected chi connectivity index (χ4v) is 5.30. The highest BCUT2D eigenvalue weighted by molar-refractivity contribution is 7.20. The van der Waals surface area contributed by atoms with E-state index in [1.54, 1.807) is 19.2 Å². The maximum atomic E-state index is 12.7. The summed E-state index contributed by atoms with van der Waals surface area (Å²) in [6.07, 6.45) is 0. The van der Waals surface area contributed by atoms with Gasteiger partial charge in [-0.2, -0.15) is 0 Å². The van der Waals surface area contributed by atoms with Crippen molar-refractivity contribution in [1.82, 2.24) is 15.0 Å². The highest BCUT2D eigenvalue weighted by atomic mass is 32.1. The Bertz CT molecular complexity index is 1400. The van der Waals surface area contributed by atoms with Crippen molar-refractivity contribution >= 4 is 55.6 Å². The minimum absolute atomic E-state index is 0.0502. The summed E-state index contributed by atoms with van der Waals surface area (Å²) in [6, 6.07) is 7.59. The van der Waals surface area contributed by atoms with E-state index >= 15 is 0 Å². The Kier molecular flexibility index (Phi) is 5.90.